The Morgan fingerprint density at radius 3 is 2.84 bits per heavy atom. The van der Waals surface area contributed by atoms with Crippen LogP contribution in [0.2, 0.25) is 0 Å². The Morgan fingerprint density at radius 1 is 1.42 bits per heavy atom. The molecule has 1 aromatic heterocycles. The minimum Gasteiger partial charge on any atom is -0.311 e. The van der Waals surface area contributed by atoms with Crippen LogP contribution in [-0.4, -0.2) is 27.6 Å². The van der Waals surface area contributed by atoms with Crippen LogP contribution in [0.25, 0.3) is 0 Å². The number of carbonyl (C=O) groups excluding carboxylic acids is 1. The number of piperidine rings is 2. The SMILES string of the molecule is CCCn1cc(C(=O)C2CC3CCCC(C2)N3)cn1. The van der Waals surface area contributed by atoms with Crippen molar-refractivity contribution in [1.29, 1.82) is 0 Å². The number of fused-ring (bicyclic) bond motifs is 2. The van der Waals surface area contributed by atoms with E-state index in [1.807, 2.05) is 10.9 Å². The number of hydrogen-bond donors (Lipinski definition) is 1. The number of Topliss-reactive ketones (excluding diaryl/α,β-unsaturated/α-hetero) is 1. The van der Waals surface area contributed by atoms with Gasteiger partial charge in [-0.3, -0.25) is 9.48 Å². The molecule has 0 amide bonds. The fourth-order valence-corrected chi connectivity index (χ4v) is 3.56. The van der Waals surface area contributed by atoms with Gasteiger partial charge in [0.1, 0.15) is 0 Å². The number of aryl methyl sites for hydroxylation is 1. The number of hydrogen-bond acceptors (Lipinski definition) is 3. The molecule has 2 atom stereocenters. The number of aromatic nitrogens is 2. The summed E-state index contributed by atoms with van der Waals surface area (Å²) >= 11 is 0. The quantitative estimate of drug-likeness (QED) is 0.847. The van der Waals surface area contributed by atoms with Gasteiger partial charge in [0.25, 0.3) is 0 Å². The molecule has 2 aliphatic rings. The molecule has 2 saturated heterocycles. The van der Waals surface area contributed by atoms with E-state index >= 15 is 0 Å². The first-order valence-corrected chi connectivity index (χ1v) is 7.59. The second kappa shape index (κ2) is 5.45. The fraction of sp³-hybridized carbons (Fsp3) is 0.733. The van der Waals surface area contributed by atoms with Gasteiger partial charge >= 0.3 is 0 Å². The number of carbonyl (C=O) groups is 1. The third kappa shape index (κ3) is 2.73. The van der Waals surface area contributed by atoms with Gasteiger partial charge in [-0.2, -0.15) is 5.10 Å². The summed E-state index contributed by atoms with van der Waals surface area (Å²) < 4.78 is 1.88. The third-order valence-corrected chi connectivity index (χ3v) is 4.46. The monoisotopic (exact) mass is 261 g/mol. The van der Waals surface area contributed by atoms with E-state index in [0.29, 0.717) is 17.9 Å². The van der Waals surface area contributed by atoms with Crippen LogP contribution in [0.15, 0.2) is 12.4 Å². The van der Waals surface area contributed by atoms with Gasteiger partial charge in [0, 0.05) is 30.7 Å². The summed E-state index contributed by atoms with van der Waals surface area (Å²) in [5.41, 5.74) is 0.804. The predicted molar refractivity (Wildman–Crippen MR) is 74.1 cm³/mol. The zero-order valence-corrected chi connectivity index (χ0v) is 11.6. The van der Waals surface area contributed by atoms with Crippen LogP contribution in [0.3, 0.4) is 0 Å². The lowest BCUT2D eigenvalue weighted by molar-refractivity contribution is 0.0825. The molecular weight excluding hydrogens is 238 g/mol. The van der Waals surface area contributed by atoms with Crippen molar-refractivity contribution in [2.24, 2.45) is 5.92 Å². The van der Waals surface area contributed by atoms with Crippen molar-refractivity contribution >= 4 is 5.78 Å². The van der Waals surface area contributed by atoms with Crippen LogP contribution >= 0.6 is 0 Å². The van der Waals surface area contributed by atoms with Gasteiger partial charge in [-0.15, -0.1) is 0 Å². The summed E-state index contributed by atoms with van der Waals surface area (Å²) in [6.07, 6.45) is 10.5. The molecule has 1 N–H and O–H groups in total. The molecule has 0 saturated carbocycles. The average molecular weight is 261 g/mol. The van der Waals surface area contributed by atoms with Gasteiger partial charge < -0.3 is 5.32 Å². The fourth-order valence-electron chi connectivity index (χ4n) is 3.56. The zero-order chi connectivity index (χ0) is 13.2. The number of rotatable bonds is 4. The summed E-state index contributed by atoms with van der Waals surface area (Å²) in [4.78, 5) is 12.6. The number of nitrogens with zero attached hydrogens (tertiary/aromatic N) is 2. The Labute approximate surface area is 114 Å². The largest absolute Gasteiger partial charge is 0.311 e. The lowest BCUT2D eigenvalue weighted by Crippen LogP contribution is -2.50. The Kier molecular flexibility index (Phi) is 3.69. The van der Waals surface area contributed by atoms with Gasteiger partial charge in [0.2, 0.25) is 0 Å². The molecule has 0 aliphatic carbocycles. The smallest absolute Gasteiger partial charge is 0.169 e. The topological polar surface area (TPSA) is 46.9 Å². The van der Waals surface area contributed by atoms with E-state index in [9.17, 15) is 4.79 Å². The van der Waals surface area contributed by atoms with Crippen LogP contribution in [0.5, 0.6) is 0 Å². The molecule has 4 heteroatoms. The normalized spacial score (nSPS) is 30.3. The first-order chi connectivity index (χ1) is 9.26. The lowest BCUT2D eigenvalue weighted by Gasteiger charge is -2.39. The maximum atomic E-state index is 12.6. The lowest BCUT2D eigenvalue weighted by atomic mass is 9.77. The first kappa shape index (κ1) is 12.9. The van der Waals surface area contributed by atoms with Gasteiger partial charge in [-0.25, -0.2) is 0 Å². The van der Waals surface area contributed by atoms with Crippen LogP contribution in [-0.2, 0) is 6.54 Å². The zero-order valence-electron chi connectivity index (χ0n) is 11.6. The molecule has 3 heterocycles. The minimum absolute atomic E-state index is 0.204. The van der Waals surface area contributed by atoms with Gasteiger partial charge in [-0.05, 0) is 32.1 Å². The summed E-state index contributed by atoms with van der Waals surface area (Å²) in [6.45, 7) is 3.02. The number of ketones is 1. The Morgan fingerprint density at radius 2 is 2.16 bits per heavy atom. The van der Waals surface area contributed by atoms with E-state index in [1.54, 1.807) is 6.20 Å². The summed E-state index contributed by atoms with van der Waals surface area (Å²) in [6, 6.07) is 1.12. The maximum absolute atomic E-state index is 12.6. The molecule has 104 valence electrons. The van der Waals surface area contributed by atoms with E-state index in [4.69, 9.17) is 0 Å². The Balaban J connectivity index is 1.69. The molecule has 0 spiro atoms. The minimum atomic E-state index is 0.204. The molecule has 2 fully saturated rings. The highest BCUT2D eigenvalue weighted by Gasteiger charge is 2.35. The third-order valence-electron chi connectivity index (χ3n) is 4.46. The van der Waals surface area contributed by atoms with E-state index in [-0.39, 0.29) is 5.92 Å². The summed E-state index contributed by atoms with van der Waals surface area (Å²) in [7, 11) is 0. The Bertz CT molecular complexity index is 442. The van der Waals surface area contributed by atoms with Gasteiger partial charge in [0.15, 0.2) is 5.78 Å². The highest BCUT2D eigenvalue weighted by Crippen LogP contribution is 2.31. The van der Waals surface area contributed by atoms with Crippen molar-refractivity contribution in [2.75, 3.05) is 0 Å². The summed E-state index contributed by atoms with van der Waals surface area (Å²) in [5, 5.41) is 7.92. The standard InChI is InChI=1S/C15H23N3O/c1-2-6-18-10-12(9-16-18)15(19)11-7-13-4-3-5-14(8-11)17-13/h9-11,13-14,17H,2-8H2,1H3. The van der Waals surface area contributed by atoms with E-state index in [2.05, 4.69) is 17.3 Å². The van der Waals surface area contributed by atoms with Crippen LogP contribution < -0.4 is 5.32 Å². The highest BCUT2D eigenvalue weighted by atomic mass is 16.1. The molecule has 3 rings (SSSR count). The van der Waals surface area contributed by atoms with Crippen molar-refractivity contribution in [3.63, 3.8) is 0 Å². The van der Waals surface area contributed by atoms with Crippen LogP contribution in [0.1, 0.15) is 55.8 Å². The van der Waals surface area contributed by atoms with Gasteiger partial charge in [0.05, 0.1) is 11.8 Å². The number of nitrogens with one attached hydrogen (secondary N) is 1. The van der Waals surface area contributed by atoms with Crippen molar-refractivity contribution < 1.29 is 4.79 Å². The second-order valence-electron chi connectivity index (χ2n) is 6.02. The summed E-state index contributed by atoms with van der Waals surface area (Å²) in [5.74, 6) is 0.511. The van der Waals surface area contributed by atoms with Crippen molar-refractivity contribution in [3.05, 3.63) is 18.0 Å². The molecule has 2 bridgehead atoms. The van der Waals surface area contributed by atoms with E-state index < -0.39 is 0 Å². The highest BCUT2D eigenvalue weighted by molar-refractivity contribution is 5.97. The van der Waals surface area contributed by atoms with Crippen molar-refractivity contribution in [1.82, 2.24) is 15.1 Å². The van der Waals surface area contributed by atoms with Crippen LogP contribution in [0, 0.1) is 5.92 Å². The molecule has 2 aliphatic heterocycles. The molecule has 19 heavy (non-hydrogen) atoms. The van der Waals surface area contributed by atoms with Crippen molar-refractivity contribution in [3.8, 4) is 0 Å². The van der Waals surface area contributed by atoms with E-state index in [1.165, 1.54) is 19.3 Å². The Hall–Kier alpha value is -1.16. The van der Waals surface area contributed by atoms with Gasteiger partial charge in [-0.1, -0.05) is 13.3 Å². The van der Waals surface area contributed by atoms with Crippen LogP contribution in [0.4, 0.5) is 0 Å². The maximum Gasteiger partial charge on any atom is 0.169 e. The molecule has 0 radical (unpaired) electrons. The molecule has 2 unspecified atom stereocenters. The molecular formula is C15H23N3O. The molecule has 0 aromatic carbocycles. The predicted octanol–water partition coefficient (Wildman–Crippen LogP) is 2.40. The molecule has 1 aromatic rings. The second-order valence-corrected chi connectivity index (χ2v) is 6.02. The van der Waals surface area contributed by atoms with Crippen molar-refractivity contribution in [2.45, 2.75) is 64.1 Å². The van der Waals surface area contributed by atoms with E-state index in [0.717, 1.165) is 31.4 Å². The first-order valence-electron chi connectivity index (χ1n) is 7.59. The average Bonchev–Trinajstić information content (AvgIpc) is 2.86. The molecule has 4 nitrogen and oxygen atoms in total.